The summed E-state index contributed by atoms with van der Waals surface area (Å²) in [5, 5.41) is 22.3. The Bertz CT molecular complexity index is 599. The van der Waals surface area contributed by atoms with Gasteiger partial charge in [-0.25, -0.2) is 0 Å². The molecule has 0 aliphatic rings. The Morgan fingerprint density at radius 1 is 1.55 bits per heavy atom. The van der Waals surface area contributed by atoms with E-state index in [0.29, 0.717) is 17.8 Å². The van der Waals surface area contributed by atoms with Crippen LogP contribution in [0.4, 0.5) is 5.69 Å². The van der Waals surface area contributed by atoms with Gasteiger partial charge in [0.05, 0.1) is 5.69 Å². The molecule has 1 aromatic rings. The van der Waals surface area contributed by atoms with Crippen LogP contribution < -0.4 is 16.5 Å². The predicted octanol–water partition coefficient (Wildman–Crippen LogP) is 0.972. The number of amidine groups is 1. The molecule has 0 radical (unpaired) electrons. The van der Waals surface area contributed by atoms with Crippen molar-refractivity contribution in [2.75, 3.05) is 12.0 Å². The lowest BCUT2D eigenvalue weighted by molar-refractivity contribution is 0.0956. The SMILES string of the molecule is CCNC(=O)c1ccc(C)c(N/N=C(\C#N)C(=N)N)c1. The average molecular weight is 272 g/mol. The molecular formula is C13H16N6O. The second-order valence-electron chi connectivity index (χ2n) is 3.99. The third-order valence-corrected chi connectivity index (χ3v) is 2.49. The first-order chi connectivity index (χ1) is 9.49. The van der Waals surface area contributed by atoms with E-state index in [2.05, 4.69) is 15.8 Å². The van der Waals surface area contributed by atoms with Gasteiger partial charge in [-0.05, 0) is 31.5 Å². The number of anilines is 1. The Morgan fingerprint density at radius 3 is 2.80 bits per heavy atom. The van der Waals surface area contributed by atoms with Crippen LogP contribution in [0.5, 0.6) is 0 Å². The third kappa shape index (κ3) is 3.81. The fraction of sp³-hybridized carbons (Fsp3) is 0.231. The van der Waals surface area contributed by atoms with Crippen LogP contribution in [0, 0.1) is 23.7 Å². The highest BCUT2D eigenvalue weighted by molar-refractivity contribution is 6.45. The largest absolute Gasteiger partial charge is 0.382 e. The van der Waals surface area contributed by atoms with Crippen LogP contribution in [0.1, 0.15) is 22.8 Å². The lowest BCUT2D eigenvalue weighted by Crippen LogP contribution is -2.23. The Hall–Kier alpha value is -2.88. The molecule has 1 rings (SSSR count). The van der Waals surface area contributed by atoms with Gasteiger partial charge >= 0.3 is 0 Å². The first-order valence-electron chi connectivity index (χ1n) is 5.96. The number of nitrogens with zero attached hydrogens (tertiary/aromatic N) is 2. The van der Waals surface area contributed by atoms with Gasteiger partial charge in [0.2, 0.25) is 5.71 Å². The number of carbonyl (C=O) groups is 1. The van der Waals surface area contributed by atoms with Crippen LogP contribution in [0.15, 0.2) is 23.3 Å². The van der Waals surface area contributed by atoms with Gasteiger partial charge < -0.3 is 11.1 Å². The minimum Gasteiger partial charge on any atom is -0.382 e. The Labute approximate surface area is 117 Å². The molecule has 0 aliphatic carbocycles. The maximum absolute atomic E-state index is 11.7. The number of amides is 1. The zero-order valence-corrected chi connectivity index (χ0v) is 11.3. The molecule has 20 heavy (non-hydrogen) atoms. The summed E-state index contributed by atoms with van der Waals surface area (Å²) >= 11 is 0. The first-order valence-corrected chi connectivity index (χ1v) is 5.96. The van der Waals surface area contributed by atoms with Crippen molar-refractivity contribution in [1.82, 2.24) is 5.32 Å². The summed E-state index contributed by atoms with van der Waals surface area (Å²) < 4.78 is 0. The molecule has 0 atom stereocenters. The van der Waals surface area contributed by atoms with Crippen molar-refractivity contribution in [1.29, 1.82) is 10.7 Å². The number of nitriles is 1. The number of nitrogens with one attached hydrogen (secondary N) is 3. The maximum Gasteiger partial charge on any atom is 0.251 e. The number of hydrazone groups is 1. The molecule has 0 bridgehead atoms. The molecule has 0 saturated heterocycles. The maximum atomic E-state index is 11.7. The molecule has 0 unspecified atom stereocenters. The minimum absolute atomic E-state index is 0.188. The first kappa shape index (κ1) is 15.2. The summed E-state index contributed by atoms with van der Waals surface area (Å²) in [7, 11) is 0. The van der Waals surface area contributed by atoms with Gasteiger partial charge in [-0.2, -0.15) is 10.4 Å². The van der Waals surface area contributed by atoms with E-state index < -0.39 is 5.84 Å². The molecule has 0 spiro atoms. The summed E-state index contributed by atoms with van der Waals surface area (Å²) in [5.74, 6) is -0.607. The van der Waals surface area contributed by atoms with E-state index in [1.165, 1.54) is 0 Å². The van der Waals surface area contributed by atoms with Gasteiger partial charge in [-0.1, -0.05) is 6.07 Å². The minimum atomic E-state index is -0.419. The van der Waals surface area contributed by atoms with Gasteiger partial charge in [0.25, 0.3) is 5.91 Å². The Morgan fingerprint density at radius 2 is 2.25 bits per heavy atom. The highest BCUT2D eigenvalue weighted by atomic mass is 16.1. The van der Waals surface area contributed by atoms with Crippen LogP contribution in [0.25, 0.3) is 0 Å². The fourth-order valence-electron chi connectivity index (χ4n) is 1.41. The lowest BCUT2D eigenvalue weighted by Gasteiger charge is -2.08. The van der Waals surface area contributed by atoms with Gasteiger partial charge in [-0.15, -0.1) is 0 Å². The Kier molecular flexibility index (Phi) is 5.23. The summed E-state index contributed by atoms with van der Waals surface area (Å²) in [5.41, 5.74) is 9.53. The molecule has 7 nitrogen and oxygen atoms in total. The Balaban J connectivity index is 3.01. The molecule has 7 heteroatoms. The number of aryl methyl sites for hydroxylation is 1. The summed E-state index contributed by atoms with van der Waals surface area (Å²) in [6.45, 7) is 4.21. The van der Waals surface area contributed by atoms with E-state index >= 15 is 0 Å². The van der Waals surface area contributed by atoms with Crippen LogP contribution in [-0.4, -0.2) is 24.0 Å². The summed E-state index contributed by atoms with van der Waals surface area (Å²) in [4.78, 5) is 11.7. The number of hydrogen-bond acceptors (Lipinski definition) is 5. The van der Waals surface area contributed by atoms with Crippen molar-refractivity contribution in [3.8, 4) is 6.07 Å². The number of carbonyl (C=O) groups excluding carboxylic acids is 1. The number of nitrogens with two attached hydrogens (primary N) is 1. The average Bonchev–Trinajstić information content (AvgIpc) is 2.41. The van der Waals surface area contributed by atoms with Crippen LogP contribution in [0.3, 0.4) is 0 Å². The zero-order valence-electron chi connectivity index (χ0n) is 11.3. The molecule has 0 fully saturated rings. The summed E-state index contributed by atoms with van der Waals surface area (Å²) in [6, 6.07) is 6.80. The highest BCUT2D eigenvalue weighted by Crippen LogP contribution is 2.17. The molecule has 1 aromatic carbocycles. The monoisotopic (exact) mass is 272 g/mol. The molecule has 0 heterocycles. The topological polar surface area (TPSA) is 127 Å². The molecule has 104 valence electrons. The predicted molar refractivity (Wildman–Crippen MR) is 77.8 cm³/mol. The van der Waals surface area contributed by atoms with E-state index in [0.717, 1.165) is 5.56 Å². The smallest absolute Gasteiger partial charge is 0.251 e. The van der Waals surface area contributed by atoms with E-state index in [1.54, 1.807) is 24.3 Å². The lowest BCUT2D eigenvalue weighted by atomic mass is 10.1. The van der Waals surface area contributed by atoms with Gasteiger partial charge in [0, 0.05) is 12.1 Å². The van der Waals surface area contributed by atoms with Crippen LogP contribution >= 0.6 is 0 Å². The highest BCUT2D eigenvalue weighted by Gasteiger charge is 2.07. The molecule has 5 N–H and O–H groups in total. The molecular weight excluding hydrogens is 256 g/mol. The van der Waals surface area contributed by atoms with Crippen LogP contribution in [-0.2, 0) is 0 Å². The normalized spacial score (nSPS) is 10.6. The number of benzene rings is 1. The molecule has 0 aromatic heterocycles. The van der Waals surface area contributed by atoms with E-state index in [9.17, 15) is 4.79 Å². The van der Waals surface area contributed by atoms with E-state index in [1.807, 2.05) is 13.8 Å². The van der Waals surface area contributed by atoms with Gasteiger partial charge in [0.15, 0.2) is 5.84 Å². The second kappa shape index (κ2) is 6.89. The van der Waals surface area contributed by atoms with Crippen molar-refractivity contribution in [3.63, 3.8) is 0 Å². The van der Waals surface area contributed by atoms with Crippen molar-refractivity contribution in [3.05, 3.63) is 29.3 Å². The molecule has 0 aliphatic heterocycles. The zero-order chi connectivity index (χ0) is 15.1. The standard InChI is InChI=1S/C13H16N6O/c1-3-17-13(20)9-5-4-8(2)10(6-9)18-19-11(7-14)12(15)16/h4-6,18H,3H2,1-2H3,(H3,15,16)(H,17,20)/b19-11+. The molecule has 0 saturated carbocycles. The fourth-order valence-corrected chi connectivity index (χ4v) is 1.41. The number of rotatable bonds is 5. The van der Waals surface area contributed by atoms with Crippen molar-refractivity contribution < 1.29 is 4.79 Å². The third-order valence-electron chi connectivity index (χ3n) is 2.49. The number of hydrogen-bond donors (Lipinski definition) is 4. The molecule has 1 amide bonds. The quantitative estimate of drug-likeness (QED) is 0.362. The second-order valence-corrected chi connectivity index (χ2v) is 3.99. The van der Waals surface area contributed by atoms with Crippen molar-refractivity contribution in [2.45, 2.75) is 13.8 Å². The van der Waals surface area contributed by atoms with Crippen LogP contribution in [0.2, 0.25) is 0 Å². The van der Waals surface area contributed by atoms with Gasteiger partial charge in [-0.3, -0.25) is 15.6 Å². The van der Waals surface area contributed by atoms with Crippen molar-refractivity contribution >= 4 is 23.1 Å². The van der Waals surface area contributed by atoms with E-state index in [4.69, 9.17) is 16.4 Å². The van der Waals surface area contributed by atoms with Gasteiger partial charge in [0.1, 0.15) is 6.07 Å². The van der Waals surface area contributed by atoms with Crippen molar-refractivity contribution in [2.24, 2.45) is 10.8 Å². The van der Waals surface area contributed by atoms with E-state index in [-0.39, 0.29) is 11.6 Å². The summed E-state index contributed by atoms with van der Waals surface area (Å²) in [6.07, 6.45) is 0.